The van der Waals surface area contributed by atoms with Crippen molar-refractivity contribution in [1.82, 2.24) is 0 Å². The van der Waals surface area contributed by atoms with Crippen molar-refractivity contribution < 1.29 is 164 Å². The van der Waals surface area contributed by atoms with Crippen LogP contribution in [0, 0.1) is 25.5 Å². The number of hydrogen-bond acceptors (Lipinski definition) is 0. The molecule has 0 aliphatic heterocycles. The van der Waals surface area contributed by atoms with E-state index >= 15 is 0 Å². The Morgan fingerprint density at radius 2 is 1.43 bits per heavy atom. The second kappa shape index (κ2) is 15.7. The minimum atomic E-state index is 0. The monoisotopic (exact) mass is 678 g/mol. The van der Waals surface area contributed by atoms with Gasteiger partial charge in [-0.05, 0) is 12.8 Å². The second-order valence-electron chi connectivity index (χ2n) is 5.03. The van der Waals surface area contributed by atoms with Crippen molar-refractivity contribution in [3.05, 3.63) is 76.2 Å². The van der Waals surface area contributed by atoms with Gasteiger partial charge in [-0.25, -0.2) is 0 Å². The summed E-state index contributed by atoms with van der Waals surface area (Å²) < 4.78 is 0. The van der Waals surface area contributed by atoms with Crippen LogP contribution in [0.3, 0.4) is 0 Å². The molecule has 107 valence electrons. The van der Waals surface area contributed by atoms with Crippen LogP contribution in [-0.4, -0.2) is 0 Å². The third-order valence-corrected chi connectivity index (χ3v) is 3.74. The molecule has 0 saturated heterocycles. The maximum Gasteiger partial charge on any atom is 0 e. The van der Waals surface area contributed by atoms with Gasteiger partial charge in [0.2, 0.25) is 0 Å². The molecule has 0 saturated carbocycles. The van der Waals surface area contributed by atoms with Gasteiger partial charge in [0, 0.05) is 164 Å². The molecule has 5 radical (unpaired) electrons. The van der Waals surface area contributed by atoms with Gasteiger partial charge in [0.1, 0.15) is 0 Å². The zero-order valence-corrected chi connectivity index (χ0v) is 28.1. The summed E-state index contributed by atoms with van der Waals surface area (Å²) in [4.78, 5) is 0. The molecule has 23 heavy (non-hydrogen) atoms. The molecule has 1 aliphatic rings. The fourth-order valence-electron chi connectivity index (χ4n) is 2.67. The van der Waals surface area contributed by atoms with Gasteiger partial charge >= 0.3 is 0 Å². The van der Waals surface area contributed by atoms with Gasteiger partial charge in [-0.2, -0.15) is 46.5 Å². The van der Waals surface area contributed by atoms with Crippen LogP contribution in [0.5, 0.6) is 0 Å². The Labute approximate surface area is 267 Å². The fourth-order valence-corrected chi connectivity index (χ4v) is 2.67. The molecule has 0 atom stereocenters. The second-order valence-corrected chi connectivity index (χ2v) is 5.03. The first kappa shape index (κ1) is 31.5. The molecule has 3 rings (SSSR count). The van der Waals surface area contributed by atoms with E-state index in [9.17, 15) is 0 Å². The molecule has 0 N–H and O–H groups in total. The van der Waals surface area contributed by atoms with Crippen LogP contribution in [0.15, 0.2) is 24.3 Å². The van der Waals surface area contributed by atoms with Gasteiger partial charge in [0.25, 0.3) is 0 Å². The molecule has 0 fully saturated rings. The molecule has 0 unspecified atom stereocenters. The predicted molar refractivity (Wildman–Crippen MR) is 74.6 cm³/mol. The maximum atomic E-state index is 3.54. The molecule has 0 bridgehead atoms. The number of hydrogen-bond donors (Lipinski definition) is 0. The molecule has 0 nitrogen and oxygen atoms in total. The Kier molecular flexibility index (Phi) is 21.5. The van der Waals surface area contributed by atoms with Gasteiger partial charge in [0.05, 0.1) is 0 Å². The van der Waals surface area contributed by atoms with E-state index in [2.05, 4.69) is 56.7 Å². The maximum absolute atomic E-state index is 3.54. The van der Waals surface area contributed by atoms with Gasteiger partial charge in [-0.3, -0.25) is 6.07 Å². The van der Waals surface area contributed by atoms with Crippen molar-refractivity contribution in [2.45, 2.75) is 33.1 Å². The SMILES string of the molecule is C[CH-]c1[c-]c2c(cc1)CCc1[c-]c(C)ccc1C2.[Y].[Y].[Y].[Y].[Y]. The first-order valence-corrected chi connectivity index (χ1v) is 6.60. The number of benzene rings is 2. The molecular formula is C18H17Y5-3. The Balaban J connectivity index is -0.000000800. The summed E-state index contributed by atoms with van der Waals surface area (Å²) in [6.07, 6.45) is 5.34. The smallest absolute Gasteiger partial charge is 0 e. The van der Waals surface area contributed by atoms with Crippen LogP contribution in [0.1, 0.15) is 40.3 Å². The summed E-state index contributed by atoms with van der Waals surface area (Å²) in [5, 5.41) is 0. The molecule has 2 aromatic rings. The number of fused-ring (bicyclic) bond motifs is 2. The van der Waals surface area contributed by atoms with Crippen molar-refractivity contribution in [3.63, 3.8) is 0 Å². The molecule has 0 heterocycles. The van der Waals surface area contributed by atoms with Crippen LogP contribution in [0.4, 0.5) is 0 Å². The number of aryl methyl sites for hydroxylation is 3. The summed E-state index contributed by atoms with van der Waals surface area (Å²) >= 11 is 0. The van der Waals surface area contributed by atoms with E-state index in [0.29, 0.717) is 0 Å². The minimum Gasteiger partial charge on any atom is -0.371 e. The Morgan fingerprint density at radius 1 is 0.783 bits per heavy atom. The third kappa shape index (κ3) is 8.80. The average Bonchev–Trinajstić information content (AvgIpc) is 2.56. The summed E-state index contributed by atoms with van der Waals surface area (Å²) in [7, 11) is 0. The van der Waals surface area contributed by atoms with Gasteiger partial charge in [0.15, 0.2) is 0 Å². The number of rotatable bonds is 1. The Bertz CT molecular complexity index is 596. The summed E-state index contributed by atoms with van der Waals surface area (Å²) in [5.41, 5.74) is 8.06. The van der Waals surface area contributed by atoms with E-state index in [1.807, 2.05) is 0 Å². The molecule has 0 amide bonds. The Hall–Kier alpha value is 3.83. The molecular weight excluding hydrogens is 661 g/mol. The van der Waals surface area contributed by atoms with Crippen LogP contribution < -0.4 is 0 Å². The zero-order valence-electron chi connectivity index (χ0n) is 13.9. The van der Waals surface area contributed by atoms with Crippen LogP contribution in [-0.2, 0) is 183 Å². The van der Waals surface area contributed by atoms with Crippen LogP contribution >= 0.6 is 0 Å². The van der Waals surface area contributed by atoms with E-state index in [4.69, 9.17) is 0 Å². The van der Waals surface area contributed by atoms with Crippen LogP contribution in [0.25, 0.3) is 0 Å². The normalized spacial score (nSPS) is 10.5. The van der Waals surface area contributed by atoms with Crippen molar-refractivity contribution in [1.29, 1.82) is 0 Å². The van der Waals surface area contributed by atoms with Crippen molar-refractivity contribution in [2.75, 3.05) is 0 Å². The zero-order chi connectivity index (χ0) is 12.5. The van der Waals surface area contributed by atoms with Crippen molar-refractivity contribution in [2.24, 2.45) is 0 Å². The standard InChI is InChI=1S/C18H17.5Y/c1-3-14-5-7-15-8-9-16-10-13(2)4-6-17(16)12-18(15)11-14;;;;;/h3-7H,8-9,12H2,1-2H3;;;;;/q-3;;;;;. The van der Waals surface area contributed by atoms with Gasteiger partial charge < -0.3 is 18.1 Å². The molecule has 2 aromatic carbocycles. The summed E-state index contributed by atoms with van der Waals surface area (Å²) in [5.74, 6) is 0. The average molecular weight is 678 g/mol. The topological polar surface area (TPSA) is 0 Å². The van der Waals surface area contributed by atoms with E-state index in [1.54, 1.807) is 0 Å². The third-order valence-electron chi connectivity index (χ3n) is 3.74. The Morgan fingerprint density at radius 3 is 2.09 bits per heavy atom. The quantitative estimate of drug-likeness (QED) is 0.403. The largest absolute Gasteiger partial charge is 0.371 e. The molecule has 5 heteroatoms. The van der Waals surface area contributed by atoms with Gasteiger partial charge in [-0.15, -0.1) is 6.92 Å². The minimum absolute atomic E-state index is 0. The fraction of sp³-hybridized carbons (Fsp3) is 0.278. The predicted octanol–water partition coefficient (Wildman–Crippen LogP) is 3.84. The van der Waals surface area contributed by atoms with Crippen LogP contribution in [0.2, 0.25) is 0 Å². The first-order chi connectivity index (χ1) is 8.76. The van der Waals surface area contributed by atoms with Crippen molar-refractivity contribution >= 4 is 0 Å². The summed E-state index contributed by atoms with van der Waals surface area (Å²) in [6, 6.07) is 15.9. The molecule has 0 aromatic heterocycles. The molecule has 0 spiro atoms. The van der Waals surface area contributed by atoms with E-state index in [-0.39, 0.29) is 164 Å². The first-order valence-electron chi connectivity index (χ1n) is 6.60. The van der Waals surface area contributed by atoms with E-state index in [0.717, 1.165) is 19.3 Å². The van der Waals surface area contributed by atoms with Gasteiger partial charge in [-0.1, -0.05) is 18.9 Å². The molecule has 1 aliphatic carbocycles. The van der Waals surface area contributed by atoms with E-state index in [1.165, 1.54) is 33.4 Å². The van der Waals surface area contributed by atoms with E-state index < -0.39 is 0 Å². The summed E-state index contributed by atoms with van der Waals surface area (Å²) in [6.45, 7) is 4.19. The van der Waals surface area contributed by atoms with Crippen molar-refractivity contribution in [3.8, 4) is 0 Å².